The second-order valence-corrected chi connectivity index (χ2v) is 5.91. The Labute approximate surface area is 152 Å². The van der Waals surface area contributed by atoms with Crippen LogP contribution in [0, 0.1) is 11.8 Å². The van der Waals surface area contributed by atoms with E-state index >= 15 is 0 Å². The van der Waals surface area contributed by atoms with Crippen molar-refractivity contribution in [3.63, 3.8) is 0 Å². The Kier molecular flexibility index (Phi) is 4.03. The maximum atomic E-state index is 14.3. The molecule has 0 unspecified atom stereocenters. The largest absolute Gasteiger partial charge is 0.358 e. The Balaban J connectivity index is 1.52. The van der Waals surface area contributed by atoms with E-state index in [4.69, 9.17) is 0 Å². The number of anilines is 3. The van der Waals surface area contributed by atoms with E-state index in [1.54, 1.807) is 31.4 Å². The third-order valence-electron chi connectivity index (χ3n) is 3.96. The molecule has 27 heavy (non-hydrogen) atoms. The minimum absolute atomic E-state index is 0.189. The maximum absolute atomic E-state index is 14.3. The summed E-state index contributed by atoms with van der Waals surface area (Å²) in [6.45, 7) is 0. The number of aromatic nitrogens is 4. The molecule has 3 N–H and O–H groups in total. The average molecular weight is 368 g/mol. The highest BCUT2D eigenvalue weighted by atomic mass is 19.1. The lowest BCUT2D eigenvalue weighted by molar-refractivity contribution is 0.102. The average Bonchev–Trinajstić information content (AvgIpc) is 3.20. The topological polar surface area (TPSA) is 87.6 Å². The number of benzene rings is 1. The van der Waals surface area contributed by atoms with Gasteiger partial charge in [0.2, 0.25) is 5.95 Å². The molecule has 0 bridgehead atoms. The van der Waals surface area contributed by atoms with Crippen LogP contribution in [0.4, 0.5) is 26.0 Å². The number of rotatable bonds is 4. The van der Waals surface area contributed by atoms with Crippen molar-refractivity contribution in [3.05, 3.63) is 66.3 Å². The molecule has 0 aliphatic heterocycles. The molecule has 1 amide bonds. The second kappa shape index (κ2) is 6.52. The van der Waals surface area contributed by atoms with Crippen molar-refractivity contribution in [2.24, 2.45) is 7.05 Å². The molecule has 0 atom stereocenters. The van der Waals surface area contributed by atoms with E-state index in [-0.39, 0.29) is 17.2 Å². The van der Waals surface area contributed by atoms with Gasteiger partial charge in [-0.3, -0.25) is 9.48 Å². The number of fused-ring (bicyclic) bond motifs is 1. The minimum Gasteiger partial charge on any atom is -0.358 e. The monoisotopic (exact) mass is 368 g/mol. The van der Waals surface area contributed by atoms with E-state index in [1.165, 1.54) is 29.2 Å². The third-order valence-corrected chi connectivity index (χ3v) is 3.96. The molecule has 4 rings (SSSR count). The van der Waals surface area contributed by atoms with Crippen molar-refractivity contribution in [1.82, 2.24) is 19.7 Å². The first-order valence-electron chi connectivity index (χ1n) is 8.00. The first kappa shape index (κ1) is 16.7. The summed E-state index contributed by atoms with van der Waals surface area (Å²) >= 11 is 0. The molecular formula is C18H14F2N6O. The zero-order valence-electron chi connectivity index (χ0n) is 14.1. The number of carbonyl (C=O) groups is 1. The van der Waals surface area contributed by atoms with Crippen molar-refractivity contribution >= 4 is 34.0 Å². The first-order valence-corrected chi connectivity index (χ1v) is 8.00. The standard InChI is InChI=1S/C18H14F2N6O/c1-26-9-11(7-22-26)24-18(27)13-4-5-16(25-17(13)20)23-10-2-3-12-14(19)8-21-15(12)6-10/h2-9,21H,1H3,(H,23,25)(H,24,27). The lowest BCUT2D eigenvalue weighted by Crippen LogP contribution is -2.14. The summed E-state index contributed by atoms with van der Waals surface area (Å²) < 4.78 is 29.3. The Hall–Kier alpha value is -3.75. The van der Waals surface area contributed by atoms with E-state index in [9.17, 15) is 13.6 Å². The normalized spacial score (nSPS) is 10.9. The second-order valence-electron chi connectivity index (χ2n) is 5.91. The summed E-state index contributed by atoms with van der Waals surface area (Å²) in [5.74, 6) is -1.65. The first-order chi connectivity index (χ1) is 13.0. The highest BCUT2D eigenvalue weighted by Gasteiger charge is 2.15. The molecule has 0 radical (unpaired) electrons. The molecule has 7 nitrogen and oxygen atoms in total. The minimum atomic E-state index is -0.909. The molecule has 3 heterocycles. The number of nitrogens with one attached hydrogen (secondary N) is 3. The SMILES string of the molecule is Cn1cc(NC(=O)c2ccc(Nc3ccc4c(F)c[nH]c4c3)nc2F)cn1. The number of halogens is 2. The smallest absolute Gasteiger partial charge is 0.260 e. The molecule has 0 fully saturated rings. The van der Waals surface area contributed by atoms with Crippen LogP contribution in [-0.4, -0.2) is 25.7 Å². The van der Waals surface area contributed by atoms with E-state index < -0.39 is 11.9 Å². The third kappa shape index (κ3) is 3.34. The zero-order chi connectivity index (χ0) is 19.0. The summed E-state index contributed by atoms with van der Waals surface area (Å²) in [4.78, 5) is 18.8. The van der Waals surface area contributed by atoms with Crippen LogP contribution in [0.5, 0.6) is 0 Å². The van der Waals surface area contributed by atoms with Gasteiger partial charge in [0, 0.05) is 30.5 Å². The lowest BCUT2D eigenvalue weighted by atomic mass is 10.2. The molecule has 3 aromatic heterocycles. The van der Waals surface area contributed by atoms with Gasteiger partial charge in [0.15, 0.2) is 0 Å². The predicted molar refractivity (Wildman–Crippen MR) is 96.9 cm³/mol. The van der Waals surface area contributed by atoms with Crippen LogP contribution < -0.4 is 10.6 Å². The summed E-state index contributed by atoms with van der Waals surface area (Å²) in [6, 6.07) is 7.77. The van der Waals surface area contributed by atoms with Crippen LogP contribution in [0.3, 0.4) is 0 Å². The quantitative estimate of drug-likeness (QED) is 0.481. The van der Waals surface area contributed by atoms with Crippen molar-refractivity contribution < 1.29 is 13.6 Å². The fourth-order valence-electron chi connectivity index (χ4n) is 2.67. The maximum Gasteiger partial charge on any atom is 0.260 e. The number of H-pyrrole nitrogens is 1. The van der Waals surface area contributed by atoms with Crippen LogP contribution in [-0.2, 0) is 7.05 Å². The van der Waals surface area contributed by atoms with Crippen molar-refractivity contribution in [2.75, 3.05) is 10.6 Å². The lowest BCUT2D eigenvalue weighted by Gasteiger charge is -2.08. The van der Waals surface area contributed by atoms with Gasteiger partial charge in [0.25, 0.3) is 5.91 Å². The van der Waals surface area contributed by atoms with Gasteiger partial charge in [-0.05, 0) is 30.3 Å². The van der Waals surface area contributed by atoms with Crippen LogP contribution in [0.2, 0.25) is 0 Å². The van der Waals surface area contributed by atoms with Crippen molar-refractivity contribution in [3.8, 4) is 0 Å². The van der Waals surface area contributed by atoms with Gasteiger partial charge >= 0.3 is 0 Å². The summed E-state index contributed by atoms with van der Waals surface area (Å²) in [5, 5.41) is 9.86. The van der Waals surface area contributed by atoms with Crippen LogP contribution in [0.1, 0.15) is 10.4 Å². The van der Waals surface area contributed by atoms with Crippen molar-refractivity contribution in [2.45, 2.75) is 0 Å². The van der Waals surface area contributed by atoms with Crippen LogP contribution in [0.15, 0.2) is 48.9 Å². The predicted octanol–water partition coefficient (Wildman–Crippen LogP) is 3.57. The summed E-state index contributed by atoms with van der Waals surface area (Å²) in [6.07, 6.45) is 4.32. The highest BCUT2D eigenvalue weighted by Crippen LogP contribution is 2.23. The van der Waals surface area contributed by atoms with E-state index in [2.05, 4.69) is 25.7 Å². The molecule has 1 aromatic carbocycles. The van der Waals surface area contributed by atoms with Gasteiger partial charge in [-0.15, -0.1) is 0 Å². The highest BCUT2D eigenvalue weighted by molar-refractivity contribution is 6.04. The van der Waals surface area contributed by atoms with Gasteiger partial charge in [0.05, 0.1) is 23.0 Å². The van der Waals surface area contributed by atoms with Crippen LogP contribution in [0.25, 0.3) is 10.9 Å². The molecule has 0 aliphatic rings. The number of pyridine rings is 1. The number of aromatic amines is 1. The Morgan fingerprint density at radius 3 is 2.78 bits per heavy atom. The number of hydrogen-bond acceptors (Lipinski definition) is 4. The van der Waals surface area contributed by atoms with Gasteiger partial charge in [-0.2, -0.15) is 9.49 Å². The van der Waals surface area contributed by atoms with E-state index in [0.29, 0.717) is 22.3 Å². The van der Waals surface area contributed by atoms with Gasteiger partial charge in [-0.25, -0.2) is 9.37 Å². The van der Waals surface area contributed by atoms with Gasteiger partial charge < -0.3 is 15.6 Å². The molecule has 0 aliphatic carbocycles. The zero-order valence-corrected chi connectivity index (χ0v) is 14.1. The van der Waals surface area contributed by atoms with Crippen molar-refractivity contribution in [1.29, 1.82) is 0 Å². The Morgan fingerprint density at radius 2 is 2.04 bits per heavy atom. The number of nitrogens with zero attached hydrogens (tertiary/aromatic N) is 3. The van der Waals surface area contributed by atoms with Gasteiger partial charge in [0.1, 0.15) is 11.6 Å². The molecule has 0 spiro atoms. The van der Waals surface area contributed by atoms with Gasteiger partial charge in [-0.1, -0.05) is 0 Å². The molecule has 136 valence electrons. The Bertz CT molecular complexity index is 1150. The number of amides is 1. The molecule has 9 heteroatoms. The summed E-state index contributed by atoms with van der Waals surface area (Å²) in [7, 11) is 1.71. The van der Waals surface area contributed by atoms with Crippen LogP contribution >= 0.6 is 0 Å². The van der Waals surface area contributed by atoms with E-state index in [1.807, 2.05) is 0 Å². The van der Waals surface area contributed by atoms with E-state index in [0.717, 1.165) is 0 Å². The molecule has 0 saturated carbocycles. The Morgan fingerprint density at radius 1 is 1.19 bits per heavy atom. The molecule has 4 aromatic rings. The molecule has 0 saturated heterocycles. The molecular weight excluding hydrogens is 354 g/mol. The number of carbonyl (C=O) groups excluding carboxylic acids is 1. The fourth-order valence-corrected chi connectivity index (χ4v) is 2.67. The fraction of sp³-hybridized carbons (Fsp3) is 0.0556. The number of hydrogen-bond donors (Lipinski definition) is 3. The number of aryl methyl sites for hydroxylation is 1. The summed E-state index contributed by atoms with van der Waals surface area (Å²) in [5.41, 5.74) is 1.47.